The number of thiazole rings is 1. The minimum Gasteiger partial charge on any atom is -0.375 e. The van der Waals surface area contributed by atoms with E-state index in [1.165, 1.54) is 10.5 Å². The van der Waals surface area contributed by atoms with Gasteiger partial charge >= 0.3 is 0 Å². The summed E-state index contributed by atoms with van der Waals surface area (Å²) >= 11 is 9.15. The third-order valence-electron chi connectivity index (χ3n) is 2.80. The van der Waals surface area contributed by atoms with Crippen LogP contribution in [0.5, 0.6) is 0 Å². The lowest BCUT2D eigenvalue weighted by molar-refractivity contribution is 0.739. The maximum atomic E-state index is 5.99. The molecular weight excluding hydrogens is 286 g/mol. The summed E-state index contributed by atoms with van der Waals surface area (Å²) in [6.45, 7) is 1.92. The zero-order chi connectivity index (χ0) is 12.5. The van der Waals surface area contributed by atoms with E-state index in [9.17, 15) is 0 Å². The standard InChI is InChI=1S/C12H12ClN3S2/c13-8-5-9(17-6-8)10-11(18-12(14)16-10)7-1-3-15-4-2-7/h1,5-6,15H,2-4H2,(H2,14,16). The van der Waals surface area contributed by atoms with Crippen LogP contribution in [0.4, 0.5) is 5.13 Å². The second kappa shape index (κ2) is 5.01. The number of anilines is 1. The number of aromatic nitrogens is 1. The Kier molecular flexibility index (Phi) is 3.39. The van der Waals surface area contributed by atoms with Crippen molar-refractivity contribution in [2.75, 3.05) is 18.8 Å². The molecule has 1 aliphatic rings. The van der Waals surface area contributed by atoms with Gasteiger partial charge in [0.1, 0.15) is 5.69 Å². The minimum atomic E-state index is 0.615. The van der Waals surface area contributed by atoms with E-state index in [1.807, 2.05) is 11.4 Å². The normalized spacial score (nSPS) is 15.7. The number of nitrogens with one attached hydrogen (secondary N) is 1. The Morgan fingerprint density at radius 1 is 1.44 bits per heavy atom. The molecule has 0 aliphatic carbocycles. The molecule has 94 valence electrons. The summed E-state index contributed by atoms with van der Waals surface area (Å²) in [5.74, 6) is 0. The fourth-order valence-electron chi connectivity index (χ4n) is 1.99. The number of halogens is 1. The molecule has 1 aliphatic heterocycles. The van der Waals surface area contributed by atoms with Gasteiger partial charge in [0.05, 0.1) is 14.8 Å². The lowest BCUT2D eigenvalue weighted by Crippen LogP contribution is -2.19. The van der Waals surface area contributed by atoms with E-state index in [0.717, 1.165) is 35.1 Å². The predicted molar refractivity (Wildman–Crippen MR) is 80.3 cm³/mol. The molecule has 2 aromatic heterocycles. The number of nitrogens with two attached hydrogens (primary N) is 1. The van der Waals surface area contributed by atoms with E-state index < -0.39 is 0 Å². The average molecular weight is 298 g/mol. The van der Waals surface area contributed by atoms with Crippen LogP contribution in [-0.4, -0.2) is 18.1 Å². The van der Waals surface area contributed by atoms with Crippen LogP contribution >= 0.6 is 34.3 Å². The number of thiophene rings is 1. The maximum Gasteiger partial charge on any atom is 0.181 e. The summed E-state index contributed by atoms with van der Waals surface area (Å²) in [4.78, 5) is 6.73. The van der Waals surface area contributed by atoms with Crippen molar-refractivity contribution in [2.45, 2.75) is 6.42 Å². The van der Waals surface area contributed by atoms with Crippen molar-refractivity contribution < 1.29 is 0 Å². The quantitative estimate of drug-likeness (QED) is 0.892. The molecule has 3 nitrogen and oxygen atoms in total. The largest absolute Gasteiger partial charge is 0.375 e. The van der Waals surface area contributed by atoms with Gasteiger partial charge in [0.2, 0.25) is 0 Å². The van der Waals surface area contributed by atoms with E-state index in [0.29, 0.717) is 5.13 Å². The van der Waals surface area contributed by atoms with Crippen LogP contribution in [0, 0.1) is 0 Å². The van der Waals surface area contributed by atoms with Crippen LogP contribution in [0.25, 0.3) is 16.1 Å². The molecule has 3 rings (SSSR count). The van der Waals surface area contributed by atoms with Crippen molar-refractivity contribution in [3.05, 3.63) is 27.4 Å². The van der Waals surface area contributed by atoms with Crippen molar-refractivity contribution in [1.82, 2.24) is 10.3 Å². The third-order valence-corrected chi connectivity index (χ3v) is 5.04. The number of nitrogen functional groups attached to an aromatic ring is 1. The summed E-state index contributed by atoms with van der Waals surface area (Å²) in [6, 6.07) is 1.95. The highest BCUT2D eigenvalue weighted by Gasteiger charge is 2.18. The predicted octanol–water partition coefficient (Wildman–Crippen LogP) is 3.48. The Morgan fingerprint density at radius 3 is 3.00 bits per heavy atom. The lowest BCUT2D eigenvalue weighted by atomic mass is 10.1. The molecule has 3 N–H and O–H groups in total. The first-order valence-corrected chi connectivity index (χ1v) is 7.72. The molecular formula is C12H12ClN3S2. The molecule has 0 saturated carbocycles. The summed E-state index contributed by atoms with van der Waals surface area (Å²) in [5, 5.41) is 6.61. The summed E-state index contributed by atoms with van der Waals surface area (Å²) < 4.78 is 0. The molecule has 0 amide bonds. The van der Waals surface area contributed by atoms with Crippen LogP contribution in [0.1, 0.15) is 11.3 Å². The topological polar surface area (TPSA) is 50.9 Å². The molecule has 0 bridgehead atoms. The second-order valence-electron chi connectivity index (χ2n) is 4.04. The minimum absolute atomic E-state index is 0.615. The molecule has 3 heterocycles. The Hall–Kier alpha value is -0.880. The molecule has 0 unspecified atom stereocenters. The van der Waals surface area contributed by atoms with Crippen LogP contribution in [-0.2, 0) is 0 Å². The van der Waals surface area contributed by atoms with Crippen LogP contribution in [0.15, 0.2) is 17.5 Å². The number of rotatable bonds is 2. The lowest BCUT2D eigenvalue weighted by Gasteiger charge is -2.13. The first-order chi connectivity index (χ1) is 8.74. The first kappa shape index (κ1) is 12.2. The Labute approximate surface area is 118 Å². The third kappa shape index (κ3) is 2.31. The molecule has 18 heavy (non-hydrogen) atoms. The van der Waals surface area contributed by atoms with Crippen molar-refractivity contribution >= 4 is 45.0 Å². The monoisotopic (exact) mass is 297 g/mol. The van der Waals surface area contributed by atoms with Crippen molar-refractivity contribution in [3.8, 4) is 10.6 Å². The van der Waals surface area contributed by atoms with Crippen LogP contribution < -0.4 is 11.1 Å². The molecule has 0 radical (unpaired) electrons. The number of hydrogen-bond acceptors (Lipinski definition) is 5. The molecule has 0 saturated heterocycles. The van der Waals surface area contributed by atoms with Crippen LogP contribution in [0.2, 0.25) is 5.02 Å². The highest BCUT2D eigenvalue weighted by Crippen LogP contribution is 2.39. The highest BCUT2D eigenvalue weighted by atomic mass is 35.5. The van der Waals surface area contributed by atoms with Gasteiger partial charge in [-0.3, -0.25) is 0 Å². The first-order valence-electron chi connectivity index (χ1n) is 5.65. The molecule has 2 aromatic rings. The van der Waals surface area contributed by atoms with Crippen molar-refractivity contribution in [3.63, 3.8) is 0 Å². The molecule has 0 aromatic carbocycles. The van der Waals surface area contributed by atoms with Crippen molar-refractivity contribution in [2.24, 2.45) is 0 Å². The SMILES string of the molecule is Nc1nc(-c2cc(Cl)cs2)c(C2=CCNCC2)s1. The second-order valence-corrected chi connectivity index (χ2v) is 6.42. The van der Waals surface area contributed by atoms with Gasteiger partial charge in [-0.05, 0) is 24.6 Å². The number of hydrogen-bond donors (Lipinski definition) is 2. The van der Waals surface area contributed by atoms with Gasteiger partial charge in [0, 0.05) is 11.9 Å². The van der Waals surface area contributed by atoms with E-state index in [4.69, 9.17) is 17.3 Å². The highest BCUT2D eigenvalue weighted by molar-refractivity contribution is 7.18. The van der Waals surface area contributed by atoms with Gasteiger partial charge in [-0.2, -0.15) is 0 Å². The van der Waals surface area contributed by atoms with Gasteiger partial charge in [0.15, 0.2) is 5.13 Å². The zero-order valence-electron chi connectivity index (χ0n) is 9.57. The molecule has 0 atom stereocenters. The Balaban J connectivity index is 2.07. The van der Waals surface area contributed by atoms with E-state index in [2.05, 4.69) is 16.4 Å². The van der Waals surface area contributed by atoms with Crippen LogP contribution in [0.3, 0.4) is 0 Å². The Bertz CT molecular complexity index is 600. The smallest absolute Gasteiger partial charge is 0.181 e. The summed E-state index contributed by atoms with van der Waals surface area (Å²) in [6.07, 6.45) is 3.24. The number of nitrogens with zero attached hydrogens (tertiary/aromatic N) is 1. The summed E-state index contributed by atoms with van der Waals surface area (Å²) in [5.41, 5.74) is 8.18. The average Bonchev–Trinajstić information content (AvgIpc) is 2.96. The van der Waals surface area contributed by atoms with Crippen molar-refractivity contribution in [1.29, 1.82) is 0 Å². The van der Waals surface area contributed by atoms with Gasteiger partial charge < -0.3 is 11.1 Å². The summed E-state index contributed by atoms with van der Waals surface area (Å²) in [7, 11) is 0. The molecule has 0 spiro atoms. The van der Waals surface area contributed by atoms with Gasteiger partial charge in [-0.1, -0.05) is 29.0 Å². The zero-order valence-corrected chi connectivity index (χ0v) is 12.0. The molecule has 0 fully saturated rings. The van der Waals surface area contributed by atoms with E-state index in [-0.39, 0.29) is 0 Å². The van der Waals surface area contributed by atoms with Gasteiger partial charge in [-0.25, -0.2) is 4.98 Å². The van der Waals surface area contributed by atoms with Gasteiger partial charge in [-0.15, -0.1) is 11.3 Å². The fraction of sp³-hybridized carbons (Fsp3) is 0.250. The van der Waals surface area contributed by atoms with Gasteiger partial charge in [0.25, 0.3) is 0 Å². The fourth-order valence-corrected chi connectivity index (χ4v) is 4.04. The maximum absolute atomic E-state index is 5.99. The van der Waals surface area contributed by atoms with E-state index >= 15 is 0 Å². The van der Waals surface area contributed by atoms with E-state index in [1.54, 1.807) is 22.7 Å². The molecule has 6 heteroatoms. The Morgan fingerprint density at radius 2 is 2.33 bits per heavy atom.